The Hall–Kier alpha value is -1.69. The number of hydrogen-bond donors (Lipinski definition) is 1. The molecule has 1 aromatic rings. The number of aromatic nitrogens is 1. The first-order chi connectivity index (χ1) is 9.11. The topological polar surface area (TPSA) is 68.5 Å². The number of amides is 1. The smallest absolute Gasteiger partial charge is 0.257 e. The van der Waals surface area contributed by atoms with Crippen LogP contribution in [0.3, 0.4) is 0 Å². The van der Waals surface area contributed by atoms with Crippen LogP contribution in [0, 0.1) is 5.82 Å². The van der Waals surface area contributed by atoms with Crippen LogP contribution in [-0.2, 0) is 4.74 Å². The Kier molecular flexibility index (Phi) is 4.31. The number of ether oxygens (including phenoxy) is 1. The fourth-order valence-electron chi connectivity index (χ4n) is 2.18. The number of likely N-dealkylation sites (N-methyl/N-ethyl adjacent to an activating group) is 1. The van der Waals surface area contributed by atoms with Crippen LogP contribution in [0.25, 0.3) is 0 Å². The van der Waals surface area contributed by atoms with Crippen LogP contribution in [0.2, 0.25) is 0 Å². The van der Waals surface area contributed by atoms with Crippen molar-refractivity contribution >= 4 is 11.7 Å². The molecular weight excluding hydrogens is 249 g/mol. The number of halogens is 1. The Balaban J connectivity index is 2.12. The largest absolute Gasteiger partial charge is 0.383 e. The summed E-state index contributed by atoms with van der Waals surface area (Å²) in [6.07, 6.45) is 3.02. The Morgan fingerprint density at radius 3 is 3.11 bits per heavy atom. The van der Waals surface area contributed by atoms with E-state index in [1.165, 1.54) is 0 Å². The molecule has 1 atom stereocenters. The molecule has 0 bridgehead atoms. The van der Waals surface area contributed by atoms with Crippen molar-refractivity contribution in [2.45, 2.75) is 25.9 Å². The van der Waals surface area contributed by atoms with E-state index in [1.54, 1.807) is 4.90 Å². The molecule has 1 fully saturated rings. The highest BCUT2D eigenvalue weighted by atomic mass is 19.1. The van der Waals surface area contributed by atoms with Gasteiger partial charge in [0.15, 0.2) is 0 Å². The fraction of sp³-hybridized carbons (Fsp3) is 0.538. The summed E-state index contributed by atoms with van der Waals surface area (Å²) >= 11 is 0. The number of nitrogen functional groups attached to an aromatic ring is 1. The van der Waals surface area contributed by atoms with Crippen LogP contribution in [0.1, 0.15) is 30.1 Å². The monoisotopic (exact) mass is 267 g/mol. The fourth-order valence-corrected chi connectivity index (χ4v) is 2.18. The predicted octanol–water partition coefficient (Wildman–Crippen LogP) is 1.44. The van der Waals surface area contributed by atoms with Gasteiger partial charge in [0.1, 0.15) is 11.6 Å². The molecule has 0 spiro atoms. The molecule has 2 N–H and O–H groups in total. The molecular formula is C13H18FN3O2. The lowest BCUT2D eigenvalue weighted by atomic mass is 10.2. The molecule has 19 heavy (non-hydrogen) atoms. The zero-order valence-corrected chi connectivity index (χ0v) is 10.9. The van der Waals surface area contributed by atoms with Gasteiger partial charge in [-0.2, -0.15) is 0 Å². The van der Waals surface area contributed by atoms with Gasteiger partial charge in [-0.3, -0.25) is 4.79 Å². The lowest BCUT2D eigenvalue weighted by Gasteiger charge is -2.24. The highest BCUT2D eigenvalue weighted by Crippen LogP contribution is 2.17. The molecule has 104 valence electrons. The van der Waals surface area contributed by atoms with Crippen molar-refractivity contribution in [2.24, 2.45) is 0 Å². The van der Waals surface area contributed by atoms with Crippen molar-refractivity contribution in [2.75, 3.05) is 25.4 Å². The molecule has 2 rings (SSSR count). The Morgan fingerprint density at radius 2 is 2.47 bits per heavy atom. The normalized spacial score (nSPS) is 18.5. The number of rotatable bonds is 4. The van der Waals surface area contributed by atoms with Crippen LogP contribution in [0.15, 0.2) is 12.3 Å². The first-order valence-corrected chi connectivity index (χ1v) is 6.43. The van der Waals surface area contributed by atoms with E-state index < -0.39 is 5.82 Å². The van der Waals surface area contributed by atoms with Gasteiger partial charge in [0.25, 0.3) is 5.91 Å². The van der Waals surface area contributed by atoms with Gasteiger partial charge in [-0.15, -0.1) is 0 Å². The van der Waals surface area contributed by atoms with Crippen molar-refractivity contribution in [1.82, 2.24) is 9.88 Å². The Bertz CT molecular complexity index is 461. The minimum absolute atomic E-state index is 0.0530. The first kappa shape index (κ1) is 13.7. The summed E-state index contributed by atoms with van der Waals surface area (Å²) in [5.41, 5.74) is 5.75. The molecule has 0 aromatic carbocycles. The summed E-state index contributed by atoms with van der Waals surface area (Å²) in [6, 6.07) is 1.13. The molecule has 6 heteroatoms. The third-order valence-electron chi connectivity index (χ3n) is 3.23. The van der Waals surface area contributed by atoms with E-state index in [2.05, 4.69) is 4.98 Å². The maximum Gasteiger partial charge on any atom is 0.257 e. The number of nitrogens with zero attached hydrogens (tertiary/aromatic N) is 2. The van der Waals surface area contributed by atoms with E-state index in [1.807, 2.05) is 6.92 Å². The second-order valence-electron chi connectivity index (χ2n) is 4.57. The number of anilines is 1. The van der Waals surface area contributed by atoms with Gasteiger partial charge in [-0.1, -0.05) is 0 Å². The molecule has 1 aromatic heterocycles. The van der Waals surface area contributed by atoms with Gasteiger partial charge in [0, 0.05) is 19.7 Å². The number of pyridine rings is 1. The first-order valence-electron chi connectivity index (χ1n) is 6.43. The highest BCUT2D eigenvalue weighted by Gasteiger charge is 2.24. The summed E-state index contributed by atoms with van der Waals surface area (Å²) in [5, 5.41) is 0. The van der Waals surface area contributed by atoms with Gasteiger partial charge in [0.2, 0.25) is 0 Å². The Labute approximate surface area is 111 Å². The molecule has 0 radical (unpaired) electrons. The molecule has 1 saturated heterocycles. The van der Waals surface area contributed by atoms with Crippen molar-refractivity contribution in [1.29, 1.82) is 0 Å². The lowest BCUT2D eigenvalue weighted by molar-refractivity contribution is 0.0539. The Morgan fingerprint density at radius 1 is 1.68 bits per heavy atom. The molecule has 0 aliphatic carbocycles. The maximum absolute atomic E-state index is 13.2. The minimum Gasteiger partial charge on any atom is -0.383 e. The van der Waals surface area contributed by atoms with E-state index in [0.29, 0.717) is 13.1 Å². The molecule has 0 saturated carbocycles. The second-order valence-corrected chi connectivity index (χ2v) is 4.57. The number of hydrogen-bond acceptors (Lipinski definition) is 4. The van der Waals surface area contributed by atoms with Crippen LogP contribution in [0.4, 0.5) is 10.2 Å². The van der Waals surface area contributed by atoms with Crippen molar-refractivity contribution in [3.05, 3.63) is 23.6 Å². The van der Waals surface area contributed by atoms with Gasteiger partial charge >= 0.3 is 0 Å². The maximum atomic E-state index is 13.2. The summed E-state index contributed by atoms with van der Waals surface area (Å²) in [6.45, 7) is 3.63. The van der Waals surface area contributed by atoms with E-state index in [9.17, 15) is 9.18 Å². The molecule has 1 aliphatic rings. The zero-order valence-electron chi connectivity index (χ0n) is 10.9. The average Bonchev–Trinajstić information content (AvgIpc) is 2.91. The van der Waals surface area contributed by atoms with Crippen LogP contribution in [-0.4, -0.2) is 41.6 Å². The van der Waals surface area contributed by atoms with Crippen LogP contribution >= 0.6 is 0 Å². The van der Waals surface area contributed by atoms with Gasteiger partial charge < -0.3 is 15.4 Å². The van der Waals surface area contributed by atoms with Crippen LogP contribution < -0.4 is 5.73 Å². The third kappa shape index (κ3) is 3.20. The summed E-state index contributed by atoms with van der Waals surface area (Å²) in [5.74, 6) is -0.814. The molecule has 2 heterocycles. The molecule has 1 aliphatic heterocycles. The summed E-state index contributed by atoms with van der Waals surface area (Å²) in [7, 11) is 0. The summed E-state index contributed by atoms with van der Waals surface area (Å²) in [4.78, 5) is 17.6. The predicted molar refractivity (Wildman–Crippen MR) is 69.2 cm³/mol. The lowest BCUT2D eigenvalue weighted by Crippen LogP contribution is -2.37. The number of carbonyl (C=O) groups excluding carboxylic acids is 1. The van der Waals surface area contributed by atoms with E-state index >= 15 is 0 Å². The zero-order chi connectivity index (χ0) is 13.8. The van der Waals surface area contributed by atoms with E-state index in [-0.39, 0.29) is 23.4 Å². The van der Waals surface area contributed by atoms with Gasteiger partial charge in [-0.05, 0) is 25.8 Å². The molecule has 1 amide bonds. The number of carbonyl (C=O) groups is 1. The van der Waals surface area contributed by atoms with Crippen LogP contribution in [0.5, 0.6) is 0 Å². The minimum atomic E-state index is -0.564. The molecule has 1 unspecified atom stereocenters. The van der Waals surface area contributed by atoms with Crippen molar-refractivity contribution in [3.63, 3.8) is 0 Å². The highest BCUT2D eigenvalue weighted by molar-refractivity contribution is 5.98. The number of nitrogens with two attached hydrogens (primary N) is 1. The third-order valence-corrected chi connectivity index (χ3v) is 3.23. The second kappa shape index (κ2) is 5.97. The van der Waals surface area contributed by atoms with Crippen molar-refractivity contribution in [3.8, 4) is 0 Å². The van der Waals surface area contributed by atoms with Gasteiger partial charge in [0.05, 0.1) is 17.9 Å². The summed E-state index contributed by atoms with van der Waals surface area (Å²) < 4.78 is 18.7. The van der Waals surface area contributed by atoms with Gasteiger partial charge in [-0.25, -0.2) is 9.37 Å². The van der Waals surface area contributed by atoms with E-state index in [0.717, 1.165) is 31.7 Å². The quantitative estimate of drug-likeness (QED) is 0.896. The molecule has 5 nitrogen and oxygen atoms in total. The van der Waals surface area contributed by atoms with E-state index in [4.69, 9.17) is 10.5 Å². The SMILES string of the molecule is CCN(CC1CCCO1)C(=O)c1cc(F)cnc1N. The van der Waals surface area contributed by atoms with Crippen molar-refractivity contribution < 1.29 is 13.9 Å². The average molecular weight is 267 g/mol. The standard InChI is InChI=1S/C13H18FN3O2/c1-2-17(8-10-4-3-5-19-10)13(18)11-6-9(14)7-16-12(11)15/h6-7,10H,2-5,8H2,1H3,(H2,15,16).